The Morgan fingerprint density at radius 1 is 1.35 bits per heavy atom. The van der Waals surface area contributed by atoms with E-state index >= 15 is 0 Å². The Morgan fingerprint density at radius 2 is 2.05 bits per heavy atom. The third kappa shape index (κ3) is 3.95. The Bertz CT molecular complexity index is 468. The number of aromatic carboxylic acids is 1. The molecule has 0 aliphatic heterocycles. The lowest BCUT2D eigenvalue weighted by atomic mass is 9.81. The lowest BCUT2D eigenvalue weighted by molar-refractivity contribution is 0.0697. The molecule has 20 heavy (non-hydrogen) atoms. The van der Waals surface area contributed by atoms with E-state index in [1.54, 1.807) is 0 Å². The fourth-order valence-corrected chi connectivity index (χ4v) is 2.88. The second-order valence-corrected chi connectivity index (χ2v) is 5.84. The van der Waals surface area contributed by atoms with Crippen LogP contribution in [0.25, 0.3) is 0 Å². The van der Waals surface area contributed by atoms with Crippen LogP contribution in [-0.4, -0.2) is 17.6 Å². The Morgan fingerprint density at radius 3 is 2.70 bits per heavy atom. The molecule has 0 atom stereocenters. The molecule has 2 rings (SSSR count). The van der Waals surface area contributed by atoms with Gasteiger partial charge < -0.3 is 10.4 Å². The van der Waals surface area contributed by atoms with Gasteiger partial charge in [0.2, 0.25) is 0 Å². The smallest absolute Gasteiger partial charge is 0.337 e. The van der Waals surface area contributed by atoms with Crippen LogP contribution in [-0.2, 0) is 0 Å². The summed E-state index contributed by atoms with van der Waals surface area (Å²) in [5.74, 6) is -0.0462. The van der Waals surface area contributed by atoms with Gasteiger partial charge in [-0.3, -0.25) is 0 Å². The van der Waals surface area contributed by atoms with Gasteiger partial charge >= 0.3 is 5.97 Å². The molecule has 0 aromatic heterocycles. The zero-order valence-corrected chi connectivity index (χ0v) is 11.9. The van der Waals surface area contributed by atoms with Crippen molar-refractivity contribution in [3.8, 4) is 0 Å². The van der Waals surface area contributed by atoms with E-state index < -0.39 is 11.8 Å². The lowest BCUT2D eigenvalue weighted by Crippen LogP contribution is -2.16. The average Bonchev–Trinajstić information content (AvgIpc) is 2.42. The number of carboxylic acids is 1. The van der Waals surface area contributed by atoms with Crippen molar-refractivity contribution < 1.29 is 14.3 Å². The molecule has 2 N–H and O–H groups in total. The van der Waals surface area contributed by atoms with Crippen LogP contribution in [0.15, 0.2) is 18.2 Å². The minimum absolute atomic E-state index is 0.00210. The molecule has 4 heteroatoms. The first-order valence-electron chi connectivity index (χ1n) is 7.33. The second kappa shape index (κ2) is 6.73. The molecule has 110 valence electrons. The third-order valence-corrected chi connectivity index (χ3v) is 4.22. The van der Waals surface area contributed by atoms with Gasteiger partial charge in [0.25, 0.3) is 0 Å². The Labute approximate surface area is 119 Å². The predicted molar refractivity (Wildman–Crippen MR) is 77.6 cm³/mol. The van der Waals surface area contributed by atoms with E-state index in [2.05, 4.69) is 12.2 Å². The largest absolute Gasteiger partial charge is 0.478 e. The Balaban J connectivity index is 1.86. The van der Waals surface area contributed by atoms with E-state index in [-0.39, 0.29) is 5.56 Å². The molecule has 1 aliphatic carbocycles. The van der Waals surface area contributed by atoms with Gasteiger partial charge in [-0.05, 0) is 36.5 Å². The molecular weight excluding hydrogens is 257 g/mol. The van der Waals surface area contributed by atoms with Crippen molar-refractivity contribution in [2.45, 2.75) is 39.0 Å². The fraction of sp³-hybridized carbons (Fsp3) is 0.562. The molecule has 0 unspecified atom stereocenters. The summed E-state index contributed by atoms with van der Waals surface area (Å²) in [6.07, 6.45) is 6.16. The quantitative estimate of drug-likeness (QED) is 0.851. The summed E-state index contributed by atoms with van der Waals surface area (Å²) in [7, 11) is 0. The van der Waals surface area contributed by atoms with Crippen molar-refractivity contribution in [2.24, 2.45) is 11.8 Å². The van der Waals surface area contributed by atoms with Gasteiger partial charge in [-0.15, -0.1) is 0 Å². The number of hydrogen-bond acceptors (Lipinski definition) is 2. The van der Waals surface area contributed by atoms with Gasteiger partial charge in [-0.25, -0.2) is 9.18 Å². The van der Waals surface area contributed by atoms with Gasteiger partial charge in [0.15, 0.2) is 0 Å². The minimum Gasteiger partial charge on any atom is -0.478 e. The number of carboxylic acid groups (broad SMARTS) is 1. The van der Waals surface area contributed by atoms with E-state index in [9.17, 15) is 9.18 Å². The van der Waals surface area contributed by atoms with Gasteiger partial charge in [0.1, 0.15) is 5.82 Å². The highest BCUT2D eigenvalue weighted by Gasteiger charge is 2.18. The van der Waals surface area contributed by atoms with Crippen LogP contribution in [0.3, 0.4) is 0 Å². The number of halogens is 1. The van der Waals surface area contributed by atoms with E-state index in [4.69, 9.17) is 5.11 Å². The standard InChI is InChI=1S/C16H22FNO2/c1-11-2-4-12(5-3-11)8-9-18-15-7-6-13(17)10-14(15)16(19)20/h6-7,10-12,18H,2-5,8-9H2,1H3,(H,19,20). The Kier molecular flexibility index (Phi) is 4.99. The summed E-state index contributed by atoms with van der Waals surface area (Å²) in [5.41, 5.74) is 0.505. The van der Waals surface area contributed by atoms with Crippen molar-refractivity contribution in [2.75, 3.05) is 11.9 Å². The zero-order valence-electron chi connectivity index (χ0n) is 11.9. The molecule has 1 aromatic rings. The Hall–Kier alpha value is -1.58. The molecule has 0 spiro atoms. The lowest BCUT2D eigenvalue weighted by Gasteiger charge is -2.26. The highest BCUT2D eigenvalue weighted by atomic mass is 19.1. The van der Waals surface area contributed by atoms with Crippen LogP contribution in [0, 0.1) is 17.7 Å². The first-order chi connectivity index (χ1) is 9.56. The highest BCUT2D eigenvalue weighted by molar-refractivity contribution is 5.94. The van der Waals surface area contributed by atoms with E-state index in [0.717, 1.165) is 30.9 Å². The van der Waals surface area contributed by atoms with Crippen LogP contribution in [0.5, 0.6) is 0 Å². The monoisotopic (exact) mass is 279 g/mol. The van der Waals surface area contributed by atoms with Crippen LogP contribution in [0.2, 0.25) is 0 Å². The van der Waals surface area contributed by atoms with Crippen molar-refractivity contribution >= 4 is 11.7 Å². The number of benzene rings is 1. The number of anilines is 1. The normalized spacial score (nSPS) is 22.5. The van der Waals surface area contributed by atoms with Gasteiger partial charge in [0, 0.05) is 12.2 Å². The third-order valence-electron chi connectivity index (χ3n) is 4.22. The number of carbonyl (C=O) groups is 1. The molecule has 0 bridgehead atoms. The molecular formula is C16H22FNO2. The van der Waals surface area contributed by atoms with Crippen LogP contribution in [0.1, 0.15) is 49.4 Å². The van der Waals surface area contributed by atoms with E-state index in [0.29, 0.717) is 5.69 Å². The van der Waals surface area contributed by atoms with Crippen LogP contribution >= 0.6 is 0 Å². The molecule has 1 aromatic carbocycles. The van der Waals surface area contributed by atoms with Gasteiger partial charge in [-0.2, -0.15) is 0 Å². The van der Waals surface area contributed by atoms with Crippen molar-refractivity contribution in [3.63, 3.8) is 0 Å². The first kappa shape index (κ1) is 14.8. The maximum atomic E-state index is 13.1. The molecule has 0 heterocycles. The van der Waals surface area contributed by atoms with E-state index in [1.165, 1.54) is 37.8 Å². The molecule has 0 amide bonds. The average molecular weight is 279 g/mol. The summed E-state index contributed by atoms with van der Waals surface area (Å²) in [6, 6.07) is 3.85. The first-order valence-corrected chi connectivity index (χ1v) is 7.33. The topological polar surface area (TPSA) is 49.3 Å². The highest BCUT2D eigenvalue weighted by Crippen LogP contribution is 2.30. The molecule has 3 nitrogen and oxygen atoms in total. The maximum absolute atomic E-state index is 13.1. The SMILES string of the molecule is CC1CCC(CCNc2ccc(F)cc2C(=O)O)CC1. The molecule has 1 fully saturated rings. The zero-order chi connectivity index (χ0) is 14.5. The number of hydrogen-bond donors (Lipinski definition) is 2. The predicted octanol–water partition coefficient (Wildman–Crippen LogP) is 4.15. The fourth-order valence-electron chi connectivity index (χ4n) is 2.88. The summed E-state index contributed by atoms with van der Waals surface area (Å²) in [6.45, 7) is 3.04. The summed E-state index contributed by atoms with van der Waals surface area (Å²) < 4.78 is 13.1. The second-order valence-electron chi connectivity index (χ2n) is 5.84. The van der Waals surface area contributed by atoms with Crippen LogP contribution in [0.4, 0.5) is 10.1 Å². The minimum atomic E-state index is -1.10. The molecule has 0 radical (unpaired) electrons. The maximum Gasteiger partial charge on any atom is 0.337 e. The number of nitrogens with one attached hydrogen (secondary N) is 1. The van der Waals surface area contributed by atoms with Gasteiger partial charge in [-0.1, -0.05) is 32.6 Å². The van der Waals surface area contributed by atoms with Crippen LogP contribution < -0.4 is 5.32 Å². The molecule has 0 saturated heterocycles. The summed E-state index contributed by atoms with van der Waals surface area (Å²) in [5, 5.41) is 12.2. The van der Waals surface area contributed by atoms with Gasteiger partial charge in [0.05, 0.1) is 5.56 Å². The molecule has 1 aliphatic rings. The summed E-state index contributed by atoms with van der Waals surface area (Å²) in [4.78, 5) is 11.1. The van der Waals surface area contributed by atoms with E-state index in [1.807, 2.05) is 0 Å². The molecule has 1 saturated carbocycles. The number of rotatable bonds is 5. The van der Waals surface area contributed by atoms with Crippen molar-refractivity contribution in [1.82, 2.24) is 0 Å². The van der Waals surface area contributed by atoms with Crippen molar-refractivity contribution in [1.29, 1.82) is 0 Å². The van der Waals surface area contributed by atoms with Crippen molar-refractivity contribution in [3.05, 3.63) is 29.6 Å². The summed E-state index contributed by atoms with van der Waals surface area (Å²) >= 11 is 0.